The minimum Gasteiger partial charge on any atom is -0.391 e. The lowest BCUT2D eigenvalue weighted by Gasteiger charge is -2.14. The minimum atomic E-state index is -0.332. The number of aliphatic hydroxyl groups is 1. The average molecular weight is 222 g/mol. The van der Waals surface area contributed by atoms with Crippen LogP contribution < -0.4 is 4.90 Å². The van der Waals surface area contributed by atoms with Gasteiger partial charge in [0.05, 0.1) is 6.10 Å². The number of β-amino-alcohol motifs (C(OH)–C–C–N with tert-alkyl or cyclic N) is 1. The summed E-state index contributed by atoms with van der Waals surface area (Å²) in [7, 11) is 0. The largest absolute Gasteiger partial charge is 0.391 e. The second-order valence-electron chi connectivity index (χ2n) is 3.96. The van der Waals surface area contributed by atoms with Crippen molar-refractivity contribution in [2.24, 2.45) is 0 Å². The summed E-state index contributed by atoms with van der Waals surface area (Å²) in [5.41, 5.74) is 0.609. The number of hydrogen-bond donors (Lipinski definition) is 1. The van der Waals surface area contributed by atoms with E-state index in [4.69, 9.17) is 0 Å². The van der Waals surface area contributed by atoms with Crippen molar-refractivity contribution < 1.29 is 9.50 Å². The zero-order chi connectivity index (χ0) is 11.1. The Kier molecular flexibility index (Phi) is 2.03. The van der Waals surface area contributed by atoms with Crippen molar-refractivity contribution in [3.8, 4) is 0 Å². The summed E-state index contributed by atoms with van der Waals surface area (Å²) in [5.74, 6) is 0.263. The van der Waals surface area contributed by atoms with Gasteiger partial charge in [-0.3, -0.25) is 4.40 Å². The third-order valence-corrected chi connectivity index (χ3v) is 2.79. The van der Waals surface area contributed by atoms with Crippen molar-refractivity contribution in [3.63, 3.8) is 0 Å². The first-order valence-corrected chi connectivity index (χ1v) is 5.17. The van der Waals surface area contributed by atoms with E-state index in [0.717, 1.165) is 6.54 Å². The number of anilines is 1. The standard InChI is InChI=1S/C10H11FN4O/c11-7-1-2-9-12-13-10(15(9)5-7)14-4-3-8(16)6-14/h1-2,5,8,16H,3-4,6H2. The van der Waals surface area contributed by atoms with Crippen LogP contribution in [0.5, 0.6) is 0 Å². The van der Waals surface area contributed by atoms with E-state index in [9.17, 15) is 9.50 Å². The number of aromatic nitrogens is 3. The van der Waals surface area contributed by atoms with Crippen molar-refractivity contribution in [1.82, 2.24) is 14.6 Å². The summed E-state index contributed by atoms with van der Waals surface area (Å²) < 4.78 is 14.7. The Bertz CT molecular complexity index is 527. The van der Waals surface area contributed by atoms with Gasteiger partial charge in [0.1, 0.15) is 5.82 Å². The first-order chi connectivity index (χ1) is 7.74. The quantitative estimate of drug-likeness (QED) is 0.760. The van der Waals surface area contributed by atoms with Crippen LogP contribution in [0.15, 0.2) is 18.3 Å². The molecular weight excluding hydrogens is 211 g/mol. The van der Waals surface area contributed by atoms with Crippen LogP contribution in [0.25, 0.3) is 5.65 Å². The summed E-state index contributed by atoms with van der Waals surface area (Å²) in [5, 5.41) is 17.4. The topological polar surface area (TPSA) is 53.7 Å². The van der Waals surface area contributed by atoms with E-state index >= 15 is 0 Å². The number of aliphatic hydroxyl groups excluding tert-OH is 1. The minimum absolute atomic E-state index is 0.326. The van der Waals surface area contributed by atoms with Gasteiger partial charge in [-0.2, -0.15) is 0 Å². The van der Waals surface area contributed by atoms with Crippen molar-refractivity contribution in [3.05, 3.63) is 24.1 Å². The Hall–Kier alpha value is -1.69. The summed E-state index contributed by atoms with van der Waals surface area (Å²) in [4.78, 5) is 1.91. The molecule has 0 radical (unpaired) electrons. The lowest BCUT2D eigenvalue weighted by Crippen LogP contribution is -2.23. The van der Waals surface area contributed by atoms with Gasteiger partial charge in [0.25, 0.3) is 0 Å². The molecule has 1 fully saturated rings. The van der Waals surface area contributed by atoms with Crippen molar-refractivity contribution in [2.45, 2.75) is 12.5 Å². The number of hydrogen-bond acceptors (Lipinski definition) is 4. The normalized spacial score (nSPS) is 20.9. The molecule has 2 aromatic heterocycles. The predicted molar refractivity (Wildman–Crippen MR) is 55.8 cm³/mol. The molecule has 3 rings (SSSR count). The van der Waals surface area contributed by atoms with Crippen LogP contribution in [0.1, 0.15) is 6.42 Å². The molecule has 2 aromatic rings. The number of pyridine rings is 1. The third kappa shape index (κ3) is 1.42. The fraction of sp³-hybridized carbons (Fsp3) is 0.400. The van der Waals surface area contributed by atoms with Gasteiger partial charge in [0, 0.05) is 19.3 Å². The Labute approximate surface area is 91.1 Å². The van der Waals surface area contributed by atoms with E-state index < -0.39 is 0 Å². The first kappa shape index (κ1) is 9.53. The van der Waals surface area contributed by atoms with E-state index in [1.165, 1.54) is 12.3 Å². The zero-order valence-corrected chi connectivity index (χ0v) is 8.54. The van der Waals surface area contributed by atoms with Crippen LogP contribution in [0, 0.1) is 5.82 Å². The van der Waals surface area contributed by atoms with Gasteiger partial charge >= 0.3 is 0 Å². The van der Waals surface area contributed by atoms with Crippen molar-refractivity contribution in [2.75, 3.05) is 18.0 Å². The highest BCUT2D eigenvalue weighted by molar-refractivity contribution is 5.47. The molecule has 1 N–H and O–H groups in total. The van der Waals surface area contributed by atoms with Crippen LogP contribution >= 0.6 is 0 Å². The second kappa shape index (κ2) is 3.41. The molecule has 1 atom stereocenters. The number of halogens is 1. The molecule has 1 aliphatic heterocycles. The zero-order valence-electron chi connectivity index (χ0n) is 8.54. The summed E-state index contributed by atoms with van der Waals surface area (Å²) in [6, 6.07) is 2.94. The fourth-order valence-electron chi connectivity index (χ4n) is 1.99. The lowest BCUT2D eigenvalue weighted by molar-refractivity contribution is 0.198. The van der Waals surface area contributed by atoms with Gasteiger partial charge < -0.3 is 10.0 Å². The Morgan fingerprint density at radius 1 is 1.38 bits per heavy atom. The van der Waals surface area contributed by atoms with Gasteiger partial charge in [0.15, 0.2) is 5.65 Å². The summed E-state index contributed by atoms with van der Waals surface area (Å²) in [6.07, 6.45) is 1.74. The molecular formula is C10H11FN4O. The monoisotopic (exact) mass is 222 g/mol. The van der Waals surface area contributed by atoms with Crippen LogP contribution in [-0.4, -0.2) is 38.9 Å². The Balaban J connectivity index is 2.06. The van der Waals surface area contributed by atoms with E-state index in [2.05, 4.69) is 10.2 Å². The highest BCUT2D eigenvalue weighted by Gasteiger charge is 2.24. The van der Waals surface area contributed by atoms with Crippen LogP contribution in [0.2, 0.25) is 0 Å². The van der Waals surface area contributed by atoms with Crippen LogP contribution in [-0.2, 0) is 0 Å². The summed E-state index contributed by atoms with van der Waals surface area (Å²) >= 11 is 0. The molecule has 0 aromatic carbocycles. The third-order valence-electron chi connectivity index (χ3n) is 2.79. The van der Waals surface area contributed by atoms with Gasteiger partial charge in [-0.05, 0) is 18.6 Å². The van der Waals surface area contributed by atoms with Crippen LogP contribution in [0.3, 0.4) is 0 Å². The maximum absolute atomic E-state index is 13.1. The highest BCUT2D eigenvalue weighted by Crippen LogP contribution is 2.19. The molecule has 0 saturated carbocycles. The number of rotatable bonds is 1. The van der Waals surface area contributed by atoms with Crippen molar-refractivity contribution >= 4 is 11.6 Å². The fourth-order valence-corrected chi connectivity index (χ4v) is 1.99. The molecule has 84 valence electrons. The second-order valence-corrected chi connectivity index (χ2v) is 3.96. The molecule has 16 heavy (non-hydrogen) atoms. The molecule has 1 saturated heterocycles. The number of nitrogens with zero attached hydrogens (tertiary/aromatic N) is 4. The molecule has 3 heterocycles. The smallest absolute Gasteiger partial charge is 0.231 e. The van der Waals surface area contributed by atoms with E-state index in [1.54, 1.807) is 10.5 Å². The van der Waals surface area contributed by atoms with Crippen molar-refractivity contribution in [1.29, 1.82) is 0 Å². The Morgan fingerprint density at radius 3 is 3.00 bits per heavy atom. The average Bonchev–Trinajstić information content (AvgIpc) is 2.83. The van der Waals surface area contributed by atoms with E-state index in [0.29, 0.717) is 24.6 Å². The molecule has 5 nitrogen and oxygen atoms in total. The van der Waals surface area contributed by atoms with E-state index in [1.807, 2.05) is 4.90 Å². The maximum atomic E-state index is 13.1. The molecule has 0 spiro atoms. The molecule has 0 aliphatic carbocycles. The molecule has 1 aliphatic rings. The van der Waals surface area contributed by atoms with Gasteiger partial charge in [0.2, 0.25) is 5.95 Å². The maximum Gasteiger partial charge on any atom is 0.231 e. The first-order valence-electron chi connectivity index (χ1n) is 5.17. The van der Waals surface area contributed by atoms with Crippen LogP contribution in [0.4, 0.5) is 10.3 Å². The lowest BCUT2D eigenvalue weighted by atomic mass is 10.3. The molecule has 0 amide bonds. The molecule has 6 heteroatoms. The summed E-state index contributed by atoms with van der Waals surface area (Å²) in [6.45, 7) is 1.25. The van der Waals surface area contributed by atoms with Gasteiger partial charge in [-0.25, -0.2) is 4.39 Å². The van der Waals surface area contributed by atoms with E-state index in [-0.39, 0.29) is 11.9 Å². The highest BCUT2D eigenvalue weighted by atomic mass is 19.1. The van der Waals surface area contributed by atoms with Gasteiger partial charge in [-0.1, -0.05) is 0 Å². The molecule has 0 bridgehead atoms. The predicted octanol–water partition coefficient (Wildman–Crippen LogP) is 0.439. The van der Waals surface area contributed by atoms with Gasteiger partial charge in [-0.15, -0.1) is 10.2 Å². The molecule has 1 unspecified atom stereocenters. The SMILES string of the molecule is OC1CCN(c2nnc3ccc(F)cn23)C1. The Morgan fingerprint density at radius 2 is 2.25 bits per heavy atom. The number of fused-ring (bicyclic) bond motifs is 1.